The van der Waals surface area contributed by atoms with Crippen LogP contribution in [-0.4, -0.2) is 21.5 Å². The molecule has 2 rings (SSSR count). The standard InChI is InChI=1S/C15H16N2O2/c1-17-11-14(10-16-17)12-19-15-7-5-13(6-8-15)4-2-3-9-18/h5-8,10-11,18H,3,9,12H2,1H3. The molecule has 98 valence electrons. The summed E-state index contributed by atoms with van der Waals surface area (Å²) in [5.41, 5.74) is 1.96. The van der Waals surface area contributed by atoms with Gasteiger partial charge in [0.1, 0.15) is 12.4 Å². The van der Waals surface area contributed by atoms with Crippen LogP contribution in [0.25, 0.3) is 0 Å². The minimum atomic E-state index is 0.0965. The maximum atomic E-state index is 8.64. The van der Waals surface area contributed by atoms with Crippen molar-refractivity contribution in [2.45, 2.75) is 13.0 Å². The molecule has 0 saturated carbocycles. The summed E-state index contributed by atoms with van der Waals surface area (Å²) >= 11 is 0. The molecular weight excluding hydrogens is 240 g/mol. The fraction of sp³-hybridized carbons (Fsp3) is 0.267. The van der Waals surface area contributed by atoms with E-state index in [-0.39, 0.29) is 6.61 Å². The van der Waals surface area contributed by atoms with Crippen LogP contribution in [0.1, 0.15) is 17.5 Å². The lowest BCUT2D eigenvalue weighted by Crippen LogP contribution is -1.94. The lowest BCUT2D eigenvalue weighted by atomic mass is 10.2. The second-order valence-corrected chi connectivity index (χ2v) is 4.11. The number of benzene rings is 1. The molecular formula is C15H16N2O2. The van der Waals surface area contributed by atoms with Gasteiger partial charge in [-0.05, 0) is 24.3 Å². The van der Waals surface area contributed by atoms with E-state index in [0.717, 1.165) is 16.9 Å². The summed E-state index contributed by atoms with van der Waals surface area (Å²) in [6.07, 6.45) is 4.21. The Morgan fingerprint density at radius 2 is 2.11 bits per heavy atom. The Bertz CT molecular complexity index is 576. The van der Waals surface area contributed by atoms with Crippen molar-refractivity contribution in [2.24, 2.45) is 7.05 Å². The van der Waals surface area contributed by atoms with Crippen molar-refractivity contribution >= 4 is 0 Å². The molecule has 0 aliphatic rings. The van der Waals surface area contributed by atoms with Crippen molar-refractivity contribution in [2.75, 3.05) is 6.61 Å². The second-order valence-electron chi connectivity index (χ2n) is 4.11. The molecule has 0 saturated heterocycles. The number of ether oxygens (including phenoxy) is 1. The summed E-state index contributed by atoms with van der Waals surface area (Å²) < 4.78 is 7.39. The smallest absolute Gasteiger partial charge is 0.119 e. The zero-order valence-corrected chi connectivity index (χ0v) is 10.8. The Morgan fingerprint density at radius 1 is 1.32 bits per heavy atom. The summed E-state index contributed by atoms with van der Waals surface area (Å²) in [6.45, 7) is 0.600. The summed E-state index contributed by atoms with van der Waals surface area (Å²) in [6, 6.07) is 7.59. The molecule has 0 atom stereocenters. The van der Waals surface area contributed by atoms with Crippen LogP contribution >= 0.6 is 0 Å². The van der Waals surface area contributed by atoms with E-state index in [9.17, 15) is 0 Å². The van der Waals surface area contributed by atoms with Crippen molar-refractivity contribution in [3.63, 3.8) is 0 Å². The molecule has 1 heterocycles. The molecule has 0 aliphatic heterocycles. The molecule has 0 bridgehead atoms. The van der Waals surface area contributed by atoms with Crippen LogP contribution in [0.2, 0.25) is 0 Å². The van der Waals surface area contributed by atoms with Gasteiger partial charge in [-0.1, -0.05) is 11.8 Å². The highest BCUT2D eigenvalue weighted by Gasteiger charge is 1.98. The number of hydrogen-bond acceptors (Lipinski definition) is 3. The third kappa shape index (κ3) is 4.16. The van der Waals surface area contributed by atoms with Crippen molar-refractivity contribution in [1.82, 2.24) is 9.78 Å². The molecule has 4 nitrogen and oxygen atoms in total. The zero-order valence-electron chi connectivity index (χ0n) is 10.8. The van der Waals surface area contributed by atoms with Crippen molar-refractivity contribution in [1.29, 1.82) is 0 Å². The van der Waals surface area contributed by atoms with Gasteiger partial charge in [0.2, 0.25) is 0 Å². The second kappa shape index (κ2) is 6.62. The third-order valence-electron chi connectivity index (χ3n) is 2.49. The minimum Gasteiger partial charge on any atom is -0.489 e. The molecule has 2 aromatic rings. The van der Waals surface area contributed by atoms with E-state index in [4.69, 9.17) is 9.84 Å². The Hall–Kier alpha value is -2.25. The number of rotatable bonds is 4. The Balaban J connectivity index is 1.90. The average Bonchev–Trinajstić information content (AvgIpc) is 2.84. The highest BCUT2D eigenvalue weighted by atomic mass is 16.5. The van der Waals surface area contributed by atoms with Gasteiger partial charge in [0, 0.05) is 30.8 Å². The number of hydrogen-bond donors (Lipinski definition) is 1. The summed E-state index contributed by atoms with van der Waals surface area (Å²) in [5.74, 6) is 6.65. The van der Waals surface area contributed by atoms with Crippen LogP contribution in [0.5, 0.6) is 5.75 Å². The molecule has 1 aromatic carbocycles. The SMILES string of the molecule is Cn1cc(COc2ccc(C#CCCO)cc2)cn1. The highest BCUT2D eigenvalue weighted by molar-refractivity contribution is 5.38. The molecule has 0 spiro atoms. The third-order valence-corrected chi connectivity index (χ3v) is 2.49. The molecule has 0 fully saturated rings. The van der Waals surface area contributed by atoms with Gasteiger partial charge in [-0.15, -0.1) is 0 Å². The molecule has 4 heteroatoms. The largest absolute Gasteiger partial charge is 0.489 e. The summed E-state index contributed by atoms with van der Waals surface area (Å²) in [5, 5.41) is 12.7. The van der Waals surface area contributed by atoms with E-state index in [1.807, 2.05) is 37.5 Å². The topological polar surface area (TPSA) is 47.3 Å². The minimum absolute atomic E-state index is 0.0965. The summed E-state index contributed by atoms with van der Waals surface area (Å²) in [7, 11) is 1.88. The number of aryl methyl sites for hydroxylation is 1. The van der Waals surface area contributed by atoms with Crippen molar-refractivity contribution < 1.29 is 9.84 Å². The number of aliphatic hydroxyl groups excluding tert-OH is 1. The van der Waals surface area contributed by atoms with E-state index in [1.54, 1.807) is 10.9 Å². The molecule has 1 aromatic heterocycles. The van der Waals surface area contributed by atoms with E-state index in [2.05, 4.69) is 16.9 Å². The maximum Gasteiger partial charge on any atom is 0.119 e. The molecule has 0 amide bonds. The van der Waals surface area contributed by atoms with Crippen LogP contribution in [0.15, 0.2) is 36.7 Å². The Morgan fingerprint density at radius 3 is 2.74 bits per heavy atom. The number of aliphatic hydroxyl groups is 1. The van der Waals surface area contributed by atoms with Gasteiger partial charge < -0.3 is 9.84 Å². The van der Waals surface area contributed by atoms with Gasteiger partial charge in [0.15, 0.2) is 0 Å². The lowest BCUT2D eigenvalue weighted by molar-refractivity contribution is 0.305. The van der Waals surface area contributed by atoms with Gasteiger partial charge in [-0.3, -0.25) is 4.68 Å². The van der Waals surface area contributed by atoms with E-state index in [1.165, 1.54) is 0 Å². The van der Waals surface area contributed by atoms with E-state index in [0.29, 0.717) is 13.0 Å². The van der Waals surface area contributed by atoms with Crippen LogP contribution in [-0.2, 0) is 13.7 Å². The van der Waals surface area contributed by atoms with Crippen molar-refractivity contribution in [3.8, 4) is 17.6 Å². The number of nitrogens with zero attached hydrogens (tertiary/aromatic N) is 2. The van der Waals surface area contributed by atoms with Crippen molar-refractivity contribution in [3.05, 3.63) is 47.8 Å². The fourth-order valence-electron chi connectivity index (χ4n) is 1.57. The molecule has 0 aliphatic carbocycles. The van der Waals surface area contributed by atoms with Gasteiger partial charge in [-0.25, -0.2) is 0 Å². The zero-order chi connectivity index (χ0) is 13.5. The van der Waals surface area contributed by atoms with Crippen LogP contribution < -0.4 is 4.74 Å². The summed E-state index contributed by atoms with van der Waals surface area (Å²) in [4.78, 5) is 0. The van der Waals surface area contributed by atoms with Gasteiger partial charge >= 0.3 is 0 Å². The first-order valence-corrected chi connectivity index (χ1v) is 6.08. The molecule has 1 N–H and O–H groups in total. The predicted octanol–water partition coefficient (Wildman–Crippen LogP) is 1.73. The fourth-order valence-corrected chi connectivity index (χ4v) is 1.57. The van der Waals surface area contributed by atoms with Gasteiger partial charge in [-0.2, -0.15) is 5.10 Å². The van der Waals surface area contributed by atoms with E-state index < -0.39 is 0 Å². The first-order valence-electron chi connectivity index (χ1n) is 6.08. The van der Waals surface area contributed by atoms with E-state index >= 15 is 0 Å². The van der Waals surface area contributed by atoms with Gasteiger partial charge in [0.25, 0.3) is 0 Å². The first-order chi connectivity index (χ1) is 9.28. The Kier molecular flexibility index (Phi) is 4.60. The van der Waals surface area contributed by atoms with Crippen LogP contribution in [0.3, 0.4) is 0 Å². The molecule has 0 unspecified atom stereocenters. The molecule has 19 heavy (non-hydrogen) atoms. The first kappa shape index (κ1) is 13.2. The lowest BCUT2D eigenvalue weighted by Gasteiger charge is -2.04. The maximum absolute atomic E-state index is 8.64. The normalized spacial score (nSPS) is 9.79. The van der Waals surface area contributed by atoms with Crippen LogP contribution in [0.4, 0.5) is 0 Å². The quantitative estimate of drug-likeness (QED) is 0.847. The highest BCUT2D eigenvalue weighted by Crippen LogP contribution is 2.13. The predicted molar refractivity (Wildman–Crippen MR) is 72.6 cm³/mol. The Labute approximate surface area is 112 Å². The average molecular weight is 256 g/mol. The number of aromatic nitrogens is 2. The van der Waals surface area contributed by atoms with Crippen LogP contribution in [0, 0.1) is 11.8 Å². The van der Waals surface area contributed by atoms with Gasteiger partial charge in [0.05, 0.1) is 12.8 Å². The molecule has 0 radical (unpaired) electrons. The monoisotopic (exact) mass is 256 g/mol.